The molecule has 1 N–H and O–H groups in total. The van der Waals surface area contributed by atoms with E-state index >= 15 is 0 Å². The fourth-order valence-electron chi connectivity index (χ4n) is 1.72. The maximum Gasteiger partial charge on any atom is 0.432 e. The number of sulfonamides is 1. The van der Waals surface area contributed by atoms with E-state index in [9.17, 15) is 13.2 Å². The number of carbonyl (C=O) groups excluding carboxylic acids is 1. The van der Waals surface area contributed by atoms with E-state index < -0.39 is 21.6 Å². The fraction of sp³-hybridized carbons (Fsp3) is 0.300. The van der Waals surface area contributed by atoms with Crippen molar-refractivity contribution in [2.45, 2.75) is 18.3 Å². The molecule has 2 rings (SSSR count). The van der Waals surface area contributed by atoms with Crippen molar-refractivity contribution in [1.29, 1.82) is 0 Å². The Bertz CT molecular complexity index is 557. The first-order valence-corrected chi connectivity index (χ1v) is 7.05. The summed E-state index contributed by atoms with van der Waals surface area (Å²) in [5.74, 6) is 0.512. The van der Waals surface area contributed by atoms with Gasteiger partial charge in [-0.25, -0.2) is 17.9 Å². The summed E-state index contributed by atoms with van der Waals surface area (Å²) in [6, 6.07) is 7.16. The molecule has 0 bridgehead atoms. The second kappa shape index (κ2) is 5.07. The van der Waals surface area contributed by atoms with Crippen LogP contribution in [0, 0.1) is 0 Å². The molecule has 0 saturated heterocycles. The number of amides is 1. The number of hydrogen-bond acceptors (Lipinski definition) is 6. The van der Waals surface area contributed by atoms with Crippen LogP contribution in [0.2, 0.25) is 0 Å². The molecule has 0 spiro atoms. The number of aryl methyl sites for hydroxylation is 1. The van der Waals surface area contributed by atoms with Gasteiger partial charge in [0.2, 0.25) is 5.44 Å². The van der Waals surface area contributed by atoms with Gasteiger partial charge in [-0.15, -0.1) is 0 Å². The smallest absolute Gasteiger partial charge is 0.432 e. The van der Waals surface area contributed by atoms with Crippen molar-refractivity contribution in [2.24, 2.45) is 0 Å². The SMILES string of the molecule is O=C(NS(=O)(=O)C1CCc2ccccc2O1)OS. The number of hydrogen-bond donors (Lipinski definition) is 2. The van der Waals surface area contributed by atoms with Gasteiger partial charge < -0.3 is 8.92 Å². The van der Waals surface area contributed by atoms with Crippen molar-refractivity contribution in [3.8, 4) is 5.75 Å². The van der Waals surface area contributed by atoms with Gasteiger partial charge >= 0.3 is 6.09 Å². The zero-order valence-corrected chi connectivity index (χ0v) is 10.9. The lowest BCUT2D eigenvalue weighted by molar-refractivity contribution is 0.212. The third kappa shape index (κ3) is 2.70. The van der Waals surface area contributed by atoms with Crippen molar-refractivity contribution >= 4 is 29.0 Å². The molecule has 0 radical (unpaired) electrons. The molecule has 98 valence electrons. The van der Waals surface area contributed by atoms with Crippen LogP contribution in [-0.2, 0) is 20.6 Å². The summed E-state index contributed by atoms with van der Waals surface area (Å²) in [4.78, 5) is 10.9. The molecule has 1 heterocycles. The predicted octanol–water partition coefficient (Wildman–Crippen LogP) is 1.24. The van der Waals surface area contributed by atoms with Gasteiger partial charge in [0.15, 0.2) is 0 Å². The average Bonchev–Trinajstić information content (AvgIpc) is 2.37. The standard InChI is InChI=1S/C10H11NO5S2/c12-10(16-17)11-18(13,14)9-6-5-7-3-1-2-4-8(7)15-9/h1-4,9,17H,5-6H2,(H,11,12). The van der Waals surface area contributed by atoms with E-state index in [0.29, 0.717) is 12.2 Å². The van der Waals surface area contributed by atoms with Gasteiger partial charge in [0.1, 0.15) is 5.75 Å². The lowest BCUT2D eigenvalue weighted by Crippen LogP contribution is -2.42. The summed E-state index contributed by atoms with van der Waals surface area (Å²) in [6.45, 7) is 0. The van der Waals surface area contributed by atoms with Crippen molar-refractivity contribution in [1.82, 2.24) is 4.72 Å². The van der Waals surface area contributed by atoms with Gasteiger partial charge in [0.25, 0.3) is 10.0 Å². The highest BCUT2D eigenvalue weighted by atomic mass is 32.2. The highest BCUT2D eigenvalue weighted by Gasteiger charge is 2.32. The van der Waals surface area contributed by atoms with Crippen LogP contribution in [0.3, 0.4) is 0 Å². The number of ether oxygens (including phenoxy) is 1. The predicted molar refractivity (Wildman–Crippen MR) is 66.7 cm³/mol. The summed E-state index contributed by atoms with van der Waals surface area (Å²) in [5, 5.41) is 0. The largest absolute Gasteiger partial charge is 0.472 e. The molecule has 18 heavy (non-hydrogen) atoms. The van der Waals surface area contributed by atoms with Gasteiger partial charge in [-0.1, -0.05) is 18.2 Å². The van der Waals surface area contributed by atoms with Crippen LogP contribution in [0.15, 0.2) is 24.3 Å². The Hall–Kier alpha value is -1.41. The maximum absolute atomic E-state index is 11.8. The third-order valence-corrected chi connectivity index (χ3v) is 4.18. The maximum atomic E-state index is 11.8. The van der Waals surface area contributed by atoms with E-state index in [1.807, 2.05) is 12.1 Å². The van der Waals surface area contributed by atoms with Gasteiger partial charge in [-0.3, -0.25) is 0 Å². The van der Waals surface area contributed by atoms with Crippen LogP contribution < -0.4 is 9.46 Å². The monoisotopic (exact) mass is 289 g/mol. The number of thiol groups is 1. The summed E-state index contributed by atoms with van der Waals surface area (Å²) in [7, 11) is -3.93. The number of para-hydroxylation sites is 1. The number of fused-ring (bicyclic) bond motifs is 1. The van der Waals surface area contributed by atoms with Crippen LogP contribution in [-0.4, -0.2) is 19.9 Å². The Balaban J connectivity index is 2.16. The molecule has 1 atom stereocenters. The van der Waals surface area contributed by atoms with Crippen molar-refractivity contribution in [3.63, 3.8) is 0 Å². The zero-order valence-electron chi connectivity index (χ0n) is 9.20. The van der Waals surface area contributed by atoms with E-state index in [4.69, 9.17) is 4.74 Å². The Morgan fingerprint density at radius 2 is 2.17 bits per heavy atom. The molecular formula is C10H11NO5S2. The molecule has 1 amide bonds. The highest BCUT2D eigenvalue weighted by molar-refractivity contribution is 7.90. The molecule has 1 unspecified atom stereocenters. The fourth-order valence-corrected chi connectivity index (χ4v) is 2.89. The molecular weight excluding hydrogens is 278 g/mol. The number of rotatable bonds is 2. The molecule has 6 nitrogen and oxygen atoms in total. The highest BCUT2D eigenvalue weighted by Crippen LogP contribution is 2.28. The Labute approximate surface area is 110 Å². The van der Waals surface area contributed by atoms with Crippen molar-refractivity contribution in [2.75, 3.05) is 0 Å². The van der Waals surface area contributed by atoms with Crippen molar-refractivity contribution < 1.29 is 22.1 Å². The van der Waals surface area contributed by atoms with E-state index in [1.165, 1.54) is 0 Å². The molecule has 0 aliphatic carbocycles. The number of carbonyl (C=O) groups is 1. The third-order valence-electron chi connectivity index (χ3n) is 2.53. The minimum Gasteiger partial charge on any atom is -0.472 e. The first-order chi connectivity index (χ1) is 8.53. The van der Waals surface area contributed by atoms with Gasteiger partial charge in [0.05, 0.1) is 0 Å². The first-order valence-electron chi connectivity index (χ1n) is 5.14. The van der Waals surface area contributed by atoms with Gasteiger partial charge in [0, 0.05) is 19.3 Å². The number of benzene rings is 1. The van der Waals surface area contributed by atoms with E-state index in [1.54, 1.807) is 16.9 Å². The van der Waals surface area contributed by atoms with Gasteiger partial charge in [-0.2, -0.15) is 0 Å². The van der Waals surface area contributed by atoms with Gasteiger partial charge in [-0.05, 0) is 18.1 Å². The normalized spacial score (nSPS) is 18.4. The Morgan fingerprint density at radius 3 is 2.89 bits per heavy atom. The quantitative estimate of drug-likeness (QED) is 0.632. The molecule has 1 aromatic carbocycles. The molecule has 0 aromatic heterocycles. The Kier molecular flexibility index (Phi) is 3.67. The summed E-state index contributed by atoms with van der Waals surface area (Å²) in [5.41, 5.74) is -0.166. The second-order valence-corrected chi connectivity index (χ2v) is 5.72. The molecule has 8 heteroatoms. The summed E-state index contributed by atoms with van der Waals surface area (Å²) in [6.07, 6.45) is -0.315. The number of nitrogens with one attached hydrogen (secondary N) is 1. The minimum atomic E-state index is -3.93. The zero-order chi connectivity index (χ0) is 13.2. The van der Waals surface area contributed by atoms with Crippen LogP contribution in [0.25, 0.3) is 0 Å². The summed E-state index contributed by atoms with van der Waals surface area (Å²) < 4.78 is 34.6. The molecule has 0 saturated carbocycles. The molecule has 1 aromatic rings. The topological polar surface area (TPSA) is 81.7 Å². The van der Waals surface area contributed by atoms with E-state index in [0.717, 1.165) is 5.56 Å². The van der Waals surface area contributed by atoms with Crippen LogP contribution in [0.1, 0.15) is 12.0 Å². The first kappa shape index (κ1) is 13.0. The van der Waals surface area contributed by atoms with Crippen LogP contribution in [0.4, 0.5) is 4.79 Å². The van der Waals surface area contributed by atoms with Crippen LogP contribution in [0.5, 0.6) is 5.75 Å². The van der Waals surface area contributed by atoms with Crippen molar-refractivity contribution in [3.05, 3.63) is 29.8 Å². The Morgan fingerprint density at radius 1 is 1.44 bits per heavy atom. The lowest BCUT2D eigenvalue weighted by Gasteiger charge is -2.25. The average molecular weight is 289 g/mol. The van der Waals surface area contributed by atoms with E-state index in [-0.39, 0.29) is 6.42 Å². The lowest BCUT2D eigenvalue weighted by atomic mass is 10.1. The minimum absolute atomic E-state index is 0.270. The van der Waals surface area contributed by atoms with Crippen LogP contribution >= 0.6 is 12.9 Å². The molecule has 1 aliphatic heterocycles. The second-order valence-electron chi connectivity index (χ2n) is 3.72. The molecule has 0 fully saturated rings. The van der Waals surface area contributed by atoms with E-state index in [2.05, 4.69) is 17.1 Å². The summed E-state index contributed by atoms with van der Waals surface area (Å²) >= 11 is 3.22. The molecule has 1 aliphatic rings.